The number of rotatable bonds is 6. The van der Waals surface area contributed by atoms with E-state index in [1.54, 1.807) is 13.8 Å². The number of aliphatic hydroxyl groups excluding tert-OH is 1. The van der Waals surface area contributed by atoms with Crippen molar-refractivity contribution in [3.63, 3.8) is 0 Å². The van der Waals surface area contributed by atoms with Gasteiger partial charge in [0.25, 0.3) is 0 Å². The number of aryl methyl sites for hydroxylation is 1. The van der Waals surface area contributed by atoms with Crippen LogP contribution in [0.25, 0.3) is 0 Å². The monoisotopic (exact) mass is 251 g/mol. The summed E-state index contributed by atoms with van der Waals surface area (Å²) in [6.45, 7) is 5.75. The second-order valence-electron chi connectivity index (χ2n) is 4.95. The Morgan fingerprint density at radius 2 is 2.06 bits per heavy atom. The van der Waals surface area contributed by atoms with Gasteiger partial charge in [-0.05, 0) is 32.4 Å². The number of hydrogen-bond donors (Lipinski definition) is 2. The van der Waals surface area contributed by atoms with Crippen molar-refractivity contribution in [3.05, 3.63) is 29.8 Å². The minimum atomic E-state index is -0.584. The SMILES string of the molecule is Cc1ccccc1OCCC(=O)NC(C)(C)CO. The molecule has 18 heavy (non-hydrogen) atoms. The molecule has 1 aromatic rings. The van der Waals surface area contributed by atoms with Gasteiger partial charge in [-0.1, -0.05) is 18.2 Å². The fourth-order valence-corrected chi connectivity index (χ4v) is 1.45. The molecule has 0 radical (unpaired) electrons. The van der Waals surface area contributed by atoms with Crippen molar-refractivity contribution in [2.45, 2.75) is 32.7 Å². The molecule has 100 valence electrons. The Balaban J connectivity index is 2.34. The van der Waals surface area contributed by atoms with Crippen LogP contribution in [0, 0.1) is 6.92 Å². The lowest BCUT2D eigenvalue weighted by atomic mass is 10.1. The van der Waals surface area contributed by atoms with Crippen LogP contribution in [-0.2, 0) is 4.79 Å². The molecule has 0 heterocycles. The molecule has 0 fully saturated rings. The number of nitrogens with one attached hydrogen (secondary N) is 1. The molecule has 0 saturated heterocycles. The third-order valence-corrected chi connectivity index (χ3v) is 2.55. The maximum Gasteiger partial charge on any atom is 0.223 e. The van der Waals surface area contributed by atoms with Crippen molar-refractivity contribution in [1.29, 1.82) is 0 Å². The zero-order valence-corrected chi connectivity index (χ0v) is 11.2. The van der Waals surface area contributed by atoms with Crippen molar-refractivity contribution >= 4 is 5.91 Å². The summed E-state index contributed by atoms with van der Waals surface area (Å²) in [5, 5.41) is 11.8. The van der Waals surface area contributed by atoms with E-state index in [1.165, 1.54) is 0 Å². The van der Waals surface area contributed by atoms with E-state index in [4.69, 9.17) is 9.84 Å². The molecule has 0 atom stereocenters. The number of ether oxygens (including phenoxy) is 1. The topological polar surface area (TPSA) is 58.6 Å². The fraction of sp³-hybridized carbons (Fsp3) is 0.500. The Morgan fingerprint density at radius 3 is 2.67 bits per heavy atom. The standard InChI is InChI=1S/C14H21NO3/c1-11-6-4-5-7-12(11)18-9-8-13(17)15-14(2,3)10-16/h4-7,16H,8-10H2,1-3H3,(H,15,17). The zero-order valence-electron chi connectivity index (χ0n) is 11.2. The van der Waals surface area contributed by atoms with Crippen LogP contribution < -0.4 is 10.1 Å². The number of carbonyl (C=O) groups is 1. The molecule has 0 saturated carbocycles. The number of para-hydroxylation sites is 1. The molecule has 4 heteroatoms. The summed E-state index contributed by atoms with van der Waals surface area (Å²) in [5.41, 5.74) is 0.466. The van der Waals surface area contributed by atoms with Crippen molar-refractivity contribution in [2.24, 2.45) is 0 Å². The summed E-state index contributed by atoms with van der Waals surface area (Å²) in [5.74, 6) is 0.675. The van der Waals surface area contributed by atoms with Gasteiger partial charge in [0.15, 0.2) is 0 Å². The summed E-state index contributed by atoms with van der Waals surface area (Å²) in [7, 11) is 0. The maximum absolute atomic E-state index is 11.6. The molecule has 1 aromatic carbocycles. The predicted octanol–water partition coefficient (Wildman–Crippen LogP) is 1.65. The number of benzene rings is 1. The molecule has 1 amide bonds. The third-order valence-electron chi connectivity index (χ3n) is 2.55. The average molecular weight is 251 g/mol. The van der Waals surface area contributed by atoms with Gasteiger partial charge in [0.2, 0.25) is 5.91 Å². The lowest BCUT2D eigenvalue weighted by Gasteiger charge is -2.23. The number of carbonyl (C=O) groups excluding carboxylic acids is 1. The number of aliphatic hydroxyl groups is 1. The summed E-state index contributed by atoms with van der Waals surface area (Å²) in [6.07, 6.45) is 0.276. The Labute approximate surface area is 108 Å². The first-order valence-electron chi connectivity index (χ1n) is 6.05. The third kappa shape index (κ3) is 4.75. The first-order chi connectivity index (χ1) is 8.44. The highest BCUT2D eigenvalue weighted by Crippen LogP contribution is 2.16. The highest BCUT2D eigenvalue weighted by molar-refractivity contribution is 5.76. The summed E-state index contributed by atoms with van der Waals surface area (Å²) in [6, 6.07) is 7.69. The second-order valence-corrected chi connectivity index (χ2v) is 4.95. The molecule has 0 spiro atoms. The zero-order chi connectivity index (χ0) is 13.6. The summed E-state index contributed by atoms with van der Waals surface area (Å²) < 4.78 is 5.53. The first-order valence-corrected chi connectivity index (χ1v) is 6.05. The quantitative estimate of drug-likeness (QED) is 0.808. The molecular weight excluding hydrogens is 230 g/mol. The van der Waals surface area contributed by atoms with Crippen molar-refractivity contribution in [3.8, 4) is 5.75 Å². The molecular formula is C14H21NO3. The van der Waals surface area contributed by atoms with E-state index in [-0.39, 0.29) is 18.9 Å². The van der Waals surface area contributed by atoms with Crippen LogP contribution in [-0.4, -0.2) is 29.8 Å². The van der Waals surface area contributed by atoms with Crippen LogP contribution in [0.3, 0.4) is 0 Å². The van der Waals surface area contributed by atoms with E-state index in [1.807, 2.05) is 31.2 Å². The molecule has 2 N–H and O–H groups in total. The molecule has 0 unspecified atom stereocenters. The Morgan fingerprint density at radius 1 is 1.39 bits per heavy atom. The van der Waals surface area contributed by atoms with Crippen LogP contribution >= 0.6 is 0 Å². The van der Waals surface area contributed by atoms with Crippen LogP contribution in [0.15, 0.2) is 24.3 Å². The Kier molecular flexibility index (Phi) is 5.16. The number of hydrogen-bond acceptors (Lipinski definition) is 3. The largest absolute Gasteiger partial charge is 0.493 e. The van der Waals surface area contributed by atoms with E-state index in [0.29, 0.717) is 6.61 Å². The Bertz CT molecular complexity index is 402. The van der Waals surface area contributed by atoms with Crippen molar-refractivity contribution in [1.82, 2.24) is 5.32 Å². The van der Waals surface area contributed by atoms with Gasteiger partial charge in [0.05, 0.1) is 25.2 Å². The van der Waals surface area contributed by atoms with Gasteiger partial charge in [-0.15, -0.1) is 0 Å². The average Bonchev–Trinajstić information content (AvgIpc) is 2.31. The van der Waals surface area contributed by atoms with Gasteiger partial charge >= 0.3 is 0 Å². The molecule has 1 rings (SSSR count). The van der Waals surface area contributed by atoms with Crippen molar-refractivity contribution < 1.29 is 14.6 Å². The predicted molar refractivity (Wildman–Crippen MR) is 70.6 cm³/mol. The Hall–Kier alpha value is -1.55. The second kappa shape index (κ2) is 6.40. The van der Waals surface area contributed by atoms with Gasteiger partial charge in [0, 0.05) is 0 Å². The van der Waals surface area contributed by atoms with Crippen LogP contribution in [0.4, 0.5) is 0 Å². The van der Waals surface area contributed by atoms with E-state index in [9.17, 15) is 4.79 Å². The minimum absolute atomic E-state index is 0.0859. The van der Waals surface area contributed by atoms with Crippen LogP contribution in [0.2, 0.25) is 0 Å². The summed E-state index contributed by atoms with van der Waals surface area (Å²) in [4.78, 5) is 11.6. The molecule has 0 aromatic heterocycles. The van der Waals surface area contributed by atoms with Crippen LogP contribution in [0.5, 0.6) is 5.75 Å². The van der Waals surface area contributed by atoms with Gasteiger partial charge < -0.3 is 15.2 Å². The minimum Gasteiger partial charge on any atom is -0.493 e. The van der Waals surface area contributed by atoms with E-state index in [0.717, 1.165) is 11.3 Å². The molecule has 0 aliphatic heterocycles. The van der Waals surface area contributed by atoms with E-state index < -0.39 is 5.54 Å². The number of amides is 1. The fourth-order valence-electron chi connectivity index (χ4n) is 1.45. The lowest BCUT2D eigenvalue weighted by molar-refractivity contribution is -0.123. The lowest BCUT2D eigenvalue weighted by Crippen LogP contribution is -2.46. The van der Waals surface area contributed by atoms with Gasteiger partial charge in [-0.25, -0.2) is 0 Å². The first kappa shape index (κ1) is 14.5. The van der Waals surface area contributed by atoms with Crippen LogP contribution in [0.1, 0.15) is 25.8 Å². The normalized spacial score (nSPS) is 11.1. The summed E-state index contributed by atoms with van der Waals surface area (Å²) >= 11 is 0. The van der Waals surface area contributed by atoms with Gasteiger partial charge in [-0.3, -0.25) is 4.79 Å². The molecule has 0 aliphatic carbocycles. The molecule has 4 nitrogen and oxygen atoms in total. The van der Waals surface area contributed by atoms with E-state index >= 15 is 0 Å². The smallest absolute Gasteiger partial charge is 0.223 e. The van der Waals surface area contributed by atoms with Gasteiger partial charge in [0.1, 0.15) is 5.75 Å². The van der Waals surface area contributed by atoms with Gasteiger partial charge in [-0.2, -0.15) is 0 Å². The van der Waals surface area contributed by atoms with Crippen molar-refractivity contribution in [2.75, 3.05) is 13.2 Å². The van der Waals surface area contributed by atoms with E-state index in [2.05, 4.69) is 5.32 Å². The maximum atomic E-state index is 11.6. The molecule has 0 aliphatic rings. The highest BCUT2D eigenvalue weighted by Gasteiger charge is 2.18. The highest BCUT2D eigenvalue weighted by atomic mass is 16.5. The molecule has 0 bridgehead atoms.